The minimum absolute atomic E-state index is 0.190. The second kappa shape index (κ2) is 5.84. The van der Waals surface area contributed by atoms with Crippen LogP contribution < -0.4 is 5.32 Å². The average molecular weight is 339 g/mol. The quantitative estimate of drug-likeness (QED) is 0.668. The zero-order valence-electron chi connectivity index (χ0n) is 14.8. The van der Waals surface area contributed by atoms with Crippen molar-refractivity contribution >= 4 is 11.5 Å². The van der Waals surface area contributed by atoms with Gasteiger partial charge in [-0.25, -0.2) is 0 Å². The van der Waals surface area contributed by atoms with Crippen molar-refractivity contribution in [2.24, 2.45) is 5.92 Å². The average Bonchev–Trinajstić information content (AvgIpc) is 3.07. The fourth-order valence-corrected chi connectivity index (χ4v) is 4.72. The van der Waals surface area contributed by atoms with Crippen molar-refractivity contribution in [1.82, 2.24) is 0 Å². The molecule has 2 heteroatoms. The van der Waals surface area contributed by atoms with E-state index in [1.807, 2.05) is 30.3 Å². The molecule has 0 saturated carbocycles. The van der Waals surface area contributed by atoms with Gasteiger partial charge in [0.15, 0.2) is 5.78 Å². The van der Waals surface area contributed by atoms with Gasteiger partial charge in [-0.3, -0.25) is 4.79 Å². The van der Waals surface area contributed by atoms with E-state index in [2.05, 4.69) is 54.7 Å². The Bertz CT molecular complexity index is 992. The van der Waals surface area contributed by atoms with E-state index >= 15 is 0 Å². The third kappa shape index (κ3) is 2.29. The molecular weight excluding hydrogens is 318 g/mol. The lowest BCUT2D eigenvalue weighted by Gasteiger charge is -2.37. The third-order valence-electron chi connectivity index (χ3n) is 5.90. The number of carbonyl (C=O) groups is 1. The first-order valence-electron chi connectivity index (χ1n) is 9.26. The first-order valence-corrected chi connectivity index (χ1v) is 9.26. The fourth-order valence-electron chi connectivity index (χ4n) is 4.72. The number of anilines is 1. The number of hydrogen-bond donors (Lipinski definition) is 1. The van der Waals surface area contributed by atoms with Crippen molar-refractivity contribution in [3.05, 3.63) is 101 Å². The van der Waals surface area contributed by atoms with Gasteiger partial charge in [-0.1, -0.05) is 72.3 Å². The Kier molecular flexibility index (Phi) is 3.46. The molecule has 3 aromatic carbocycles. The number of aryl methyl sites for hydroxylation is 1. The van der Waals surface area contributed by atoms with Crippen LogP contribution in [0, 0.1) is 12.8 Å². The van der Waals surface area contributed by atoms with Gasteiger partial charge in [-0.2, -0.15) is 0 Å². The number of fused-ring (bicyclic) bond motifs is 5. The molecule has 3 aromatic rings. The van der Waals surface area contributed by atoms with Gasteiger partial charge < -0.3 is 5.32 Å². The van der Waals surface area contributed by atoms with E-state index in [1.54, 1.807) is 0 Å². The lowest BCUT2D eigenvalue weighted by atomic mass is 9.75. The molecule has 0 fully saturated rings. The standard InChI is InChI=1S/C24H21NO/c1-15-11-12-21-19(13-15)22-18-10-6-5-9-17(18)14-20(22)23(25-21)24(26)16-7-3-2-4-8-16/h2-13,20,22-23,25H,14H2,1H3/t20-,22-,23+/m0/s1. The smallest absolute Gasteiger partial charge is 0.185 e. The molecule has 1 heterocycles. The number of Topliss-reactive ketones (excluding diaryl/α,β-unsaturated/α-hetero) is 1. The van der Waals surface area contributed by atoms with Crippen LogP contribution in [0.3, 0.4) is 0 Å². The Morgan fingerprint density at radius 1 is 0.923 bits per heavy atom. The van der Waals surface area contributed by atoms with Crippen molar-refractivity contribution < 1.29 is 4.79 Å². The van der Waals surface area contributed by atoms with Gasteiger partial charge in [-0.15, -0.1) is 0 Å². The van der Waals surface area contributed by atoms with Crippen LogP contribution in [-0.2, 0) is 6.42 Å². The van der Waals surface area contributed by atoms with Crippen molar-refractivity contribution in [2.75, 3.05) is 5.32 Å². The molecule has 3 atom stereocenters. The summed E-state index contributed by atoms with van der Waals surface area (Å²) in [6, 6.07) is 24.7. The minimum Gasteiger partial charge on any atom is -0.374 e. The summed E-state index contributed by atoms with van der Waals surface area (Å²) < 4.78 is 0. The maximum absolute atomic E-state index is 13.3. The van der Waals surface area contributed by atoms with E-state index in [0.717, 1.165) is 17.7 Å². The predicted octanol–water partition coefficient (Wildman–Crippen LogP) is 4.98. The summed E-state index contributed by atoms with van der Waals surface area (Å²) in [5.74, 6) is 0.744. The van der Waals surface area contributed by atoms with Gasteiger partial charge >= 0.3 is 0 Å². The Hall–Kier alpha value is -2.87. The Morgan fingerprint density at radius 3 is 2.54 bits per heavy atom. The molecule has 128 valence electrons. The maximum atomic E-state index is 13.3. The highest BCUT2D eigenvalue weighted by Crippen LogP contribution is 2.50. The molecule has 2 aliphatic rings. The second-order valence-corrected chi connectivity index (χ2v) is 7.49. The summed E-state index contributed by atoms with van der Waals surface area (Å²) >= 11 is 0. The molecule has 5 rings (SSSR count). The van der Waals surface area contributed by atoms with E-state index in [0.29, 0.717) is 5.92 Å². The normalized spacial score (nSPS) is 22.7. The van der Waals surface area contributed by atoms with Crippen molar-refractivity contribution in [2.45, 2.75) is 25.3 Å². The molecule has 0 spiro atoms. The SMILES string of the molecule is Cc1ccc2c(c1)[C@@H]1c3ccccc3C[C@@H]1[C@H](C(=O)c1ccccc1)N2. The number of rotatable bonds is 2. The summed E-state index contributed by atoms with van der Waals surface area (Å²) in [5.41, 5.74) is 7.25. The highest BCUT2D eigenvalue weighted by Gasteiger charge is 2.45. The van der Waals surface area contributed by atoms with Crippen molar-refractivity contribution in [1.29, 1.82) is 0 Å². The molecule has 0 saturated heterocycles. The molecule has 0 bridgehead atoms. The van der Waals surface area contributed by atoms with Gasteiger partial charge in [0.25, 0.3) is 0 Å². The highest BCUT2D eigenvalue weighted by molar-refractivity contribution is 6.02. The molecule has 1 aliphatic heterocycles. The van der Waals surface area contributed by atoms with Gasteiger partial charge in [0.2, 0.25) is 0 Å². The van der Waals surface area contributed by atoms with Crippen LogP contribution in [0.1, 0.15) is 38.5 Å². The molecule has 0 amide bonds. The number of ketones is 1. The third-order valence-corrected chi connectivity index (χ3v) is 5.90. The van der Waals surface area contributed by atoms with Crippen molar-refractivity contribution in [3.63, 3.8) is 0 Å². The highest BCUT2D eigenvalue weighted by atomic mass is 16.1. The number of nitrogens with one attached hydrogen (secondary N) is 1. The molecule has 0 radical (unpaired) electrons. The van der Waals surface area contributed by atoms with E-state index in [9.17, 15) is 4.79 Å². The summed E-state index contributed by atoms with van der Waals surface area (Å²) in [6.07, 6.45) is 0.949. The minimum atomic E-state index is -0.190. The van der Waals surface area contributed by atoms with E-state index in [1.165, 1.54) is 22.3 Å². The monoisotopic (exact) mass is 339 g/mol. The Morgan fingerprint density at radius 2 is 1.69 bits per heavy atom. The zero-order valence-corrected chi connectivity index (χ0v) is 14.8. The summed E-state index contributed by atoms with van der Waals surface area (Å²) in [7, 11) is 0. The van der Waals surface area contributed by atoms with Gasteiger partial charge in [-0.05, 0) is 36.1 Å². The number of benzene rings is 3. The fraction of sp³-hybridized carbons (Fsp3) is 0.208. The van der Waals surface area contributed by atoms with Crippen LogP contribution in [0.5, 0.6) is 0 Å². The largest absolute Gasteiger partial charge is 0.374 e. The van der Waals surface area contributed by atoms with Crippen LogP contribution in [-0.4, -0.2) is 11.8 Å². The van der Waals surface area contributed by atoms with Gasteiger partial charge in [0.05, 0.1) is 6.04 Å². The van der Waals surface area contributed by atoms with Crippen LogP contribution in [0.2, 0.25) is 0 Å². The van der Waals surface area contributed by atoms with E-state index < -0.39 is 0 Å². The lowest BCUT2D eigenvalue weighted by Crippen LogP contribution is -2.42. The molecule has 1 N–H and O–H groups in total. The predicted molar refractivity (Wildman–Crippen MR) is 105 cm³/mol. The molecule has 1 aliphatic carbocycles. The van der Waals surface area contributed by atoms with Crippen LogP contribution in [0.4, 0.5) is 5.69 Å². The molecule has 26 heavy (non-hydrogen) atoms. The van der Waals surface area contributed by atoms with Gasteiger partial charge in [0, 0.05) is 23.1 Å². The summed E-state index contributed by atoms with van der Waals surface area (Å²) in [5, 5.41) is 3.58. The molecule has 2 nitrogen and oxygen atoms in total. The van der Waals surface area contributed by atoms with Crippen molar-refractivity contribution in [3.8, 4) is 0 Å². The molecule has 0 aromatic heterocycles. The molecule has 0 unspecified atom stereocenters. The first kappa shape index (κ1) is 15.4. The number of hydrogen-bond acceptors (Lipinski definition) is 2. The van der Waals surface area contributed by atoms with E-state index in [4.69, 9.17) is 0 Å². The number of carbonyl (C=O) groups excluding carboxylic acids is 1. The van der Waals surface area contributed by atoms with E-state index in [-0.39, 0.29) is 17.7 Å². The topological polar surface area (TPSA) is 29.1 Å². The second-order valence-electron chi connectivity index (χ2n) is 7.49. The lowest BCUT2D eigenvalue weighted by molar-refractivity contribution is 0.0938. The Balaban J connectivity index is 1.64. The zero-order chi connectivity index (χ0) is 17.7. The molecular formula is C24H21NO. The summed E-state index contributed by atoms with van der Waals surface area (Å²) in [4.78, 5) is 13.3. The summed E-state index contributed by atoms with van der Waals surface area (Å²) in [6.45, 7) is 2.14. The van der Waals surface area contributed by atoms with Crippen LogP contribution in [0.15, 0.2) is 72.8 Å². The van der Waals surface area contributed by atoms with Crippen LogP contribution in [0.25, 0.3) is 0 Å². The first-order chi connectivity index (χ1) is 12.7. The van der Waals surface area contributed by atoms with Crippen LogP contribution >= 0.6 is 0 Å². The maximum Gasteiger partial charge on any atom is 0.185 e. The Labute approximate surface area is 153 Å². The van der Waals surface area contributed by atoms with Gasteiger partial charge in [0.1, 0.15) is 0 Å².